The van der Waals surface area contributed by atoms with E-state index in [9.17, 15) is 4.79 Å². The van der Waals surface area contributed by atoms with Gasteiger partial charge in [0.05, 0.1) is 10.3 Å². The third kappa shape index (κ3) is 4.28. The summed E-state index contributed by atoms with van der Waals surface area (Å²) in [6.07, 6.45) is 0. The van der Waals surface area contributed by atoms with Crippen LogP contribution in [-0.4, -0.2) is 32.8 Å². The number of nitrogens with zero attached hydrogens (tertiary/aromatic N) is 3. The van der Waals surface area contributed by atoms with Crippen molar-refractivity contribution in [2.24, 2.45) is 0 Å². The van der Waals surface area contributed by atoms with Crippen LogP contribution in [0.15, 0.2) is 41.6 Å². The summed E-state index contributed by atoms with van der Waals surface area (Å²) in [6.45, 7) is 2.33. The van der Waals surface area contributed by atoms with Crippen molar-refractivity contribution in [3.63, 3.8) is 0 Å². The number of amides is 1. The zero-order chi connectivity index (χ0) is 21.3. The molecule has 11 heteroatoms. The summed E-state index contributed by atoms with van der Waals surface area (Å²) >= 11 is 13.4. The monoisotopic (exact) mass is 465 g/mol. The molecule has 156 valence electrons. The van der Waals surface area contributed by atoms with Gasteiger partial charge in [0, 0.05) is 17.1 Å². The lowest BCUT2D eigenvalue weighted by molar-refractivity contribution is -0.120. The third-order valence-electron chi connectivity index (χ3n) is 4.39. The van der Waals surface area contributed by atoms with Crippen molar-refractivity contribution in [2.45, 2.75) is 23.9 Å². The van der Waals surface area contributed by atoms with E-state index in [1.807, 2.05) is 18.2 Å². The Morgan fingerprint density at radius 3 is 2.87 bits per heavy atom. The topological polar surface area (TPSA) is 104 Å². The van der Waals surface area contributed by atoms with Crippen LogP contribution in [0.1, 0.15) is 12.5 Å². The fourth-order valence-electron chi connectivity index (χ4n) is 2.81. The van der Waals surface area contributed by atoms with E-state index in [1.54, 1.807) is 25.1 Å². The van der Waals surface area contributed by atoms with E-state index in [4.69, 9.17) is 38.5 Å². The molecule has 1 amide bonds. The summed E-state index contributed by atoms with van der Waals surface area (Å²) in [6, 6.07) is 10.5. The molecule has 1 unspecified atom stereocenters. The molecule has 2 heterocycles. The molecular formula is C19H17Cl2N5O3S. The zero-order valence-corrected chi connectivity index (χ0v) is 18.1. The number of benzene rings is 2. The number of ether oxygens (including phenoxy) is 2. The molecule has 0 bridgehead atoms. The number of hydrogen-bond acceptors (Lipinski definition) is 7. The van der Waals surface area contributed by atoms with Gasteiger partial charge in [0.25, 0.3) is 0 Å². The maximum Gasteiger partial charge on any atom is 0.233 e. The van der Waals surface area contributed by atoms with E-state index < -0.39 is 5.25 Å². The average molecular weight is 466 g/mol. The zero-order valence-electron chi connectivity index (χ0n) is 15.8. The summed E-state index contributed by atoms with van der Waals surface area (Å²) in [5.74, 6) is 7.70. The van der Waals surface area contributed by atoms with Crippen LogP contribution in [0.25, 0.3) is 11.4 Å². The maximum absolute atomic E-state index is 12.5. The summed E-state index contributed by atoms with van der Waals surface area (Å²) in [4.78, 5) is 12.5. The number of rotatable bonds is 6. The van der Waals surface area contributed by atoms with Crippen molar-refractivity contribution in [2.75, 3.05) is 12.6 Å². The lowest BCUT2D eigenvalue weighted by Crippen LogP contribution is -2.30. The normalized spacial score (nSPS) is 13.3. The Hall–Kier alpha value is -2.62. The Bertz CT molecular complexity index is 1110. The van der Waals surface area contributed by atoms with Gasteiger partial charge in [-0.1, -0.05) is 41.0 Å². The number of nitrogens with two attached hydrogens (primary N) is 1. The molecule has 0 saturated carbocycles. The van der Waals surface area contributed by atoms with E-state index in [0.29, 0.717) is 44.6 Å². The Kier molecular flexibility index (Phi) is 5.94. The average Bonchev–Trinajstić information content (AvgIpc) is 3.34. The molecule has 1 aliphatic heterocycles. The minimum absolute atomic E-state index is 0.164. The van der Waals surface area contributed by atoms with Gasteiger partial charge < -0.3 is 20.6 Å². The SMILES string of the molecule is CC(Sc1nnc(-c2cc(Cl)ccc2Cl)n1N)C(=O)NCc1ccc2c(c1)OCO2. The van der Waals surface area contributed by atoms with Crippen LogP contribution in [-0.2, 0) is 11.3 Å². The summed E-state index contributed by atoms with van der Waals surface area (Å²) in [5, 5.41) is 11.9. The van der Waals surface area contributed by atoms with Crippen LogP contribution >= 0.6 is 35.0 Å². The molecule has 1 aliphatic rings. The van der Waals surface area contributed by atoms with Gasteiger partial charge in [-0.3, -0.25) is 4.79 Å². The fourth-order valence-corrected chi connectivity index (χ4v) is 3.97. The first kappa shape index (κ1) is 20.6. The predicted octanol–water partition coefficient (Wildman–Crippen LogP) is 3.49. The summed E-state index contributed by atoms with van der Waals surface area (Å²) in [7, 11) is 0. The van der Waals surface area contributed by atoms with E-state index in [1.165, 1.54) is 16.4 Å². The maximum atomic E-state index is 12.5. The van der Waals surface area contributed by atoms with Crippen LogP contribution in [0, 0.1) is 0 Å². The minimum Gasteiger partial charge on any atom is -0.454 e. The van der Waals surface area contributed by atoms with E-state index >= 15 is 0 Å². The lowest BCUT2D eigenvalue weighted by Gasteiger charge is -2.12. The number of carbonyl (C=O) groups is 1. The van der Waals surface area contributed by atoms with Gasteiger partial charge in [0.2, 0.25) is 17.9 Å². The van der Waals surface area contributed by atoms with Crippen LogP contribution in [0.2, 0.25) is 10.0 Å². The van der Waals surface area contributed by atoms with Gasteiger partial charge in [-0.25, -0.2) is 4.68 Å². The van der Waals surface area contributed by atoms with Crippen molar-refractivity contribution in [1.82, 2.24) is 20.2 Å². The number of thioether (sulfide) groups is 1. The van der Waals surface area contributed by atoms with Crippen LogP contribution in [0.4, 0.5) is 0 Å². The van der Waals surface area contributed by atoms with Crippen LogP contribution < -0.4 is 20.6 Å². The predicted molar refractivity (Wildman–Crippen MR) is 115 cm³/mol. The standard InChI is InChI=1S/C19H17Cl2N5O3S/c1-10(18(27)23-8-11-2-5-15-16(6-11)29-9-28-15)30-19-25-24-17(26(19)22)13-7-12(20)3-4-14(13)21/h2-7,10H,8-9,22H2,1H3,(H,23,27). The summed E-state index contributed by atoms with van der Waals surface area (Å²) in [5.41, 5.74) is 1.47. The van der Waals surface area contributed by atoms with Gasteiger partial charge in [-0.15, -0.1) is 10.2 Å². The van der Waals surface area contributed by atoms with Gasteiger partial charge in [-0.2, -0.15) is 0 Å². The number of aromatic nitrogens is 3. The lowest BCUT2D eigenvalue weighted by atomic mass is 10.2. The first-order valence-electron chi connectivity index (χ1n) is 8.91. The highest BCUT2D eigenvalue weighted by Gasteiger charge is 2.21. The molecule has 1 aromatic heterocycles. The first-order chi connectivity index (χ1) is 14.4. The molecular weight excluding hydrogens is 449 g/mol. The molecule has 1 atom stereocenters. The Labute approximate surface area is 186 Å². The molecule has 30 heavy (non-hydrogen) atoms. The van der Waals surface area contributed by atoms with Crippen molar-refractivity contribution in [3.8, 4) is 22.9 Å². The molecule has 0 spiro atoms. The molecule has 0 fully saturated rings. The van der Waals surface area contributed by atoms with E-state index in [0.717, 1.165) is 5.56 Å². The molecule has 0 radical (unpaired) electrons. The largest absolute Gasteiger partial charge is 0.454 e. The number of halogens is 2. The summed E-state index contributed by atoms with van der Waals surface area (Å²) < 4.78 is 11.9. The molecule has 4 rings (SSSR count). The second-order valence-corrected chi connectivity index (χ2v) is 8.62. The first-order valence-corrected chi connectivity index (χ1v) is 10.5. The van der Waals surface area contributed by atoms with Crippen molar-refractivity contribution in [3.05, 3.63) is 52.0 Å². The quantitative estimate of drug-likeness (QED) is 0.423. The second kappa shape index (κ2) is 8.63. The van der Waals surface area contributed by atoms with Crippen molar-refractivity contribution < 1.29 is 14.3 Å². The Balaban J connectivity index is 1.40. The number of nitrogens with one attached hydrogen (secondary N) is 1. The fraction of sp³-hybridized carbons (Fsp3) is 0.211. The molecule has 3 aromatic rings. The number of hydrogen-bond donors (Lipinski definition) is 2. The molecule has 2 aromatic carbocycles. The Morgan fingerprint density at radius 1 is 1.23 bits per heavy atom. The third-order valence-corrected chi connectivity index (χ3v) is 6.01. The highest BCUT2D eigenvalue weighted by atomic mass is 35.5. The van der Waals surface area contributed by atoms with E-state index in [2.05, 4.69) is 15.5 Å². The smallest absolute Gasteiger partial charge is 0.233 e. The molecule has 8 nitrogen and oxygen atoms in total. The van der Waals surface area contributed by atoms with Gasteiger partial charge in [0.15, 0.2) is 17.3 Å². The van der Waals surface area contributed by atoms with Crippen molar-refractivity contribution >= 4 is 40.9 Å². The second-order valence-electron chi connectivity index (χ2n) is 6.47. The van der Waals surface area contributed by atoms with Gasteiger partial charge >= 0.3 is 0 Å². The molecule has 0 saturated heterocycles. The van der Waals surface area contributed by atoms with Crippen LogP contribution in [0.5, 0.6) is 11.5 Å². The Morgan fingerprint density at radius 2 is 2.03 bits per heavy atom. The minimum atomic E-state index is -0.451. The number of nitrogen functional groups attached to an aromatic ring is 1. The highest BCUT2D eigenvalue weighted by molar-refractivity contribution is 8.00. The molecule has 3 N–H and O–H groups in total. The van der Waals surface area contributed by atoms with Crippen LogP contribution in [0.3, 0.4) is 0 Å². The van der Waals surface area contributed by atoms with E-state index in [-0.39, 0.29) is 12.7 Å². The van der Waals surface area contributed by atoms with Gasteiger partial charge in [-0.05, 0) is 42.8 Å². The van der Waals surface area contributed by atoms with Gasteiger partial charge in [0.1, 0.15) is 0 Å². The highest BCUT2D eigenvalue weighted by Crippen LogP contribution is 2.33. The number of fused-ring (bicyclic) bond motifs is 1. The molecule has 0 aliphatic carbocycles. The van der Waals surface area contributed by atoms with Crippen molar-refractivity contribution in [1.29, 1.82) is 0 Å². The number of carbonyl (C=O) groups excluding carboxylic acids is 1.